The molecule has 2 aliphatic rings. The van der Waals surface area contributed by atoms with Crippen molar-refractivity contribution in [2.24, 2.45) is 0 Å². The zero-order valence-corrected chi connectivity index (χ0v) is 18.3. The highest BCUT2D eigenvalue weighted by Crippen LogP contribution is 2.29. The molecule has 6 nitrogen and oxygen atoms in total. The molecule has 1 aromatic carbocycles. The first-order valence-electron chi connectivity index (χ1n) is 10.8. The Hall–Kier alpha value is -2.12. The summed E-state index contributed by atoms with van der Waals surface area (Å²) in [5.74, 6) is 0.428. The maximum Gasteiger partial charge on any atom is 0.270 e. The zero-order chi connectivity index (χ0) is 20.9. The number of likely N-dealkylation sites (tertiary alicyclic amines) is 1. The molecule has 1 saturated heterocycles. The molecule has 0 spiro atoms. The van der Waals surface area contributed by atoms with Crippen molar-refractivity contribution in [2.45, 2.75) is 50.2 Å². The fourth-order valence-corrected chi connectivity index (χ4v) is 4.55. The van der Waals surface area contributed by atoms with Crippen molar-refractivity contribution in [2.75, 3.05) is 25.1 Å². The minimum Gasteiger partial charge on any atom is -0.351 e. The van der Waals surface area contributed by atoms with E-state index in [0.717, 1.165) is 48.6 Å². The highest BCUT2D eigenvalue weighted by molar-refractivity contribution is 7.98. The van der Waals surface area contributed by atoms with Crippen molar-refractivity contribution in [3.63, 3.8) is 0 Å². The zero-order valence-electron chi connectivity index (χ0n) is 17.5. The summed E-state index contributed by atoms with van der Waals surface area (Å²) in [7, 11) is 0. The van der Waals surface area contributed by atoms with Gasteiger partial charge in [0.05, 0.1) is 5.52 Å². The van der Waals surface area contributed by atoms with Crippen LogP contribution in [-0.4, -0.2) is 64.9 Å². The summed E-state index contributed by atoms with van der Waals surface area (Å²) >= 11 is 1.68. The third-order valence-electron chi connectivity index (χ3n) is 6.00. The van der Waals surface area contributed by atoms with Gasteiger partial charge in [0, 0.05) is 30.6 Å². The molecule has 1 aromatic heterocycles. The quantitative estimate of drug-likeness (QED) is 0.679. The van der Waals surface area contributed by atoms with Crippen LogP contribution in [0.2, 0.25) is 0 Å². The molecule has 2 amide bonds. The average Bonchev–Trinajstić information content (AvgIpc) is 3.62. The number of amides is 2. The van der Waals surface area contributed by atoms with E-state index in [-0.39, 0.29) is 17.9 Å². The van der Waals surface area contributed by atoms with Gasteiger partial charge in [-0.05, 0) is 56.2 Å². The van der Waals surface area contributed by atoms with Gasteiger partial charge in [0.2, 0.25) is 5.91 Å². The van der Waals surface area contributed by atoms with E-state index in [4.69, 9.17) is 0 Å². The summed E-state index contributed by atoms with van der Waals surface area (Å²) < 4.78 is 0. The highest BCUT2D eigenvalue weighted by atomic mass is 32.2. The number of benzene rings is 1. The van der Waals surface area contributed by atoms with Crippen molar-refractivity contribution >= 4 is 34.5 Å². The van der Waals surface area contributed by atoms with E-state index in [9.17, 15) is 9.59 Å². The lowest BCUT2D eigenvalue weighted by atomic mass is 10.0. The maximum absolute atomic E-state index is 13.0. The molecule has 2 aromatic rings. The molecule has 0 radical (unpaired) electrons. The molecule has 2 N–H and O–H groups in total. The third kappa shape index (κ3) is 5.32. The molecule has 1 aliphatic carbocycles. The van der Waals surface area contributed by atoms with E-state index in [1.165, 1.54) is 12.8 Å². The van der Waals surface area contributed by atoms with Crippen LogP contribution < -0.4 is 10.6 Å². The van der Waals surface area contributed by atoms with Gasteiger partial charge in [0.25, 0.3) is 5.91 Å². The maximum atomic E-state index is 13.0. The minimum atomic E-state index is -0.542. The molecule has 1 aliphatic heterocycles. The lowest BCUT2D eigenvalue weighted by molar-refractivity contribution is -0.124. The second-order valence-electron chi connectivity index (χ2n) is 8.25. The Morgan fingerprint density at radius 3 is 2.63 bits per heavy atom. The largest absolute Gasteiger partial charge is 0.351 e. The number of thioether (sulfide) groups is 1. The van der Waals surface area contributed by atoms with Crippen LogP contribution in [0.15, 0.2) is 36.4 Å². The molecule has 7 heteroatoms. The summed E-state index contributed by atoms with van der Waals surface area (Å²) in [6, 6.07) is 11.7. The van der Waals surface area contributed by atoms with Crippen LogP contribution in [0.25, 0.3) is 10.9 Å². The number of piperidine rings is 1. The summed E-state index contributed by atoms with van der Waals surface area (Å²) in [5, 5.41) is 7.10. The van der Waals surface area contributed by atoms with Crippen LogP contribution in [-0.2, 0) is 4.79 Å². The Bertz CT molecular complexity index is 894. The van der Waals surface area contributed by atoms with E-state index in [2.05, 4.69) is 20.5 Å². The minimum absolute atomic E-state index is 0.0805. The van der Waals surface area contributed by atoms with Gasteiger partial charge >= 0.3 is 0 Å². The monoisotopic (exact) mass is 426 g/mol. The number of pyridine rings is 1. The Morgan fingerprint density at radius 1 is 1.13 bits per heavy atom. The molecule has 2 fully saturated rings. The highest BCUT2D eigenvalue weighted by Gasteiger charge is 2.33. The van der Waals surface area contributed by atoms with Gasteiger partial charge < -0.3 is 15.5 Å². The fraction of sp³-hybridized carbons (Fsp3) is 0.522. The SMILES string of the molecule is CSCCC(NC(=O)c1ccc2ccccc2n1)C(=O)NC1CCN(C2CC2)CC1. The van der Waals surface area contributed by atoms with Gasteiger partial charge in [0.15, 0.2) is 0 Å². The molecule has 2 heterocycles. The van der Waals surface area contributed by atoms with Crippen molar-refractivity contribution in [3.8, 4) is 0 Å². The first-order valence-corrected chi connectivity index (χ1v) is 12.2. The molecule has 1 atom stereocenters. The molecule has 4 rings (SSSR count). The van der Waals surface area contributed by atoms with Gasteiger partial charge in [-0.25, -0.2) is 4.98 Å². The van der Waals surface area contributed by atoms with E-state index in [1.54, 1.807) is 17.8 Å². The second-order valence-corrected chi connectivity index (χ2v) is 9.23. The lowest BCUT2D eigenvalue weighted by Crippen LogP contribution is -2.52. The van der Waals surface area contributed by atoms with Crippen molar-refractivity contribution in [3.05, 3.63) is 42.1 Å². The summed E-state index contributed by atoms with van der Waals surface area (Å²) in [4.78, 5) is 32.8. The number of rotatable bonds is 8. The third-order valence-corrected chi connectivity index (χ3v) is 6.65. The van der Waals surface area contributed by atoms with E-state index < -0.39 is 6.04 Å². The van der Waals surface area contributed by atoms with Crippen LogP contribution in [0.4, 0.5) is 0 Å². The van der Waals surface area contributed by atoms with Crippen LogP contribution in [0, 0.1) is 0 Å². The lowest BCUT2D eigenvalue weighted by Gasteiger charge is -2.33. The number of hydrogen-bond donors (Lipinski definition) is 2. The summed E-state index contributed by atoms with van der Waals surface area (Å²) in [5.41, 5.74) is 1.12. The van der Waals surface area contributed by atoms with E-state index >= 15 is 0 Å². The van der Waals surface area contributed by atoms with Crippen molar-refractivity contribution in [1.29, 1.82) is 0 Å². The van der Waals surface area contributed by atoms with Gasteiger partial charge in [-0.2, -0.15) is 11.8 Å². The van der Waals surface area contributed by atoms with Crippen molar-refractivity contribution in [1.82, 2.24) is 20.5 Å². The fourth-order valence-electron chi connectivity index (χ4n) is 4.08. The van der Waals surface area contributed by atoms with E-state index in [0.29, 0.717) is 12.1 Å². The number of carbonyl (C=O) groups excluding carboxylic acids is 2. The number of nitrogens with zero attached hydrogens (tertiary/aromatic N) is 2. The number of aromatic nitrogens is 1. The van der Waals surface area contributed by atoms with Crippen LogP contribution >= 0.6 is 11.8 Å². The van der Waals surface area contributed by atoms with Crippen LogP contribution in [0.3, 0.4) is 0 Å². The first-order chi connectivity index (χ1) is 14.6. The van der Waals surface area contributed by atoms with Gasteiger partial charge in [0.1, 0.15) is 11.7 Å². The second kappa shape index (κ2) is 9.79. The number of carbonyl (C=O) groups is 2. The summed E-state index contributed by atoms with van der Waals surface area (Å²) in [6.45, 7) is 2.11. The van der Waals surface area contributed by atoms with E-state index in [1.807, 2.05) is 36.6 Å². The Morgan fingerprint density at radius 2 is 1.90 bits per heavy atom. The van der Waals surface area contributed by atoms with Crippen LogP contribution in [0.1, 0.15) is 42.6 Å². The molecule has 160 valence electrons. The van der Waals surface area contributed by atoms with Crippen LogP contribution in [0.5, 0.6) is 0 Å². The Labute approximate surface area is 182 Å². The predicted molar refractivity (Wildman–Crippen MR) is 122 cm³/mol. The van der Waals surface area contributed by atoms with Crippen molar-refractivity contribution < 1.29 is 9.59 Å². The van der Waals surface area contributed by atoms with Gasteiger partial charge in [-0.1, -0.05) is 24.3 Å². The van der Waals surface area contributed by atoms with Gasteiger partial charge in [-0.3, -0.25) is 9.59 Å². The summed E-state index contributed by atoms with van der Waals surface area (Å²) in [6.07, 6.45) is 7.23. The number of para-hydroxylation sites is 1. The normalized spacial score (nSPS) is 18.8. The average molecular weight is 427 g/mol. The standard InChI is InChI=1S/C23H30N4O2S/c1-30-15-12-21(22(28)24-17-10-13-27(14-11-17)18-7-8-18)26-23(29)20-9-6-16-4-2-3-5-19(16)25-20/h2-6,9,17-18,21H,7-8,10-15H2,1H3,(H,24,28)(H,26,29). The molecule has 1 saturated carbocycles. The number of nitrogens with one attached hydrogen (secondary N) is 2. The molecule has 30 heavy (non-hydrogen) atoms. The Balaban J connectivity index is 1.37. The van der Waals surface area contributed by atoms with Gasteiger partial charge in [-0.15, -0.1) is 0 Å². The molecular weight excluding hydrogens is 396 g/mol. The number of hydrogen-bond acceptors (Lipinski definition) is 5. The molecular formula is C23H30N4O2S. The molecule has 1 unspecified atom stereocenters. The number of fused-ring (bicyclic) bond motifs is 1. The molecule has 0 bridgehead atoms. The Kier molecular flexibility index (Phi) is 6.89. The smallest absolute Gasteiger partial charge is 0.270 e. The predicted octanol–water partition coefficient (Wildman–Crippen LogP) is 2.83. The topological polar surface area (TPSA) is 74.3 Å². The first kappa shape index (κ1) is 21.1.